The summed E-state index contributed by atoms with van der Waals surface area (Å²) in [6, 6.07) is 15.0. The molecule has 0 radical (unpaired) electrons. The third-order valence-electron chi connectivity index (χ3n) is 4.10. The zero-order valence-electron chi connectivity index (χ0n) is 14.4. The number of rotatable bonds is 8. The van der Waals surface area contributed by atoms with Gasteiger partial charge in [-0.1, -0.05) is 12.1 Å². The normalized spacial score (nSPS) is 10.8. The first-order chi connectivity index (χ1) is 12.3. The number of aromatic nitrogens is 2. The van der Waals surface area contributed by atoms with E-state index >= 15 is 0 Å². The lowest BCUT2D eigenvalue weighted by atomic mass is 10.2. The minimum absolute atomic E-state index is 0.0279. The number of aryl methyl sites for hydroxylation is 1. The van der Waals surface area contributed by atoms with E-state index in [9.17, 15) is 4.79 Å². The predicted octanol–water partition coefficient (Wildman–Crippen LogP) is 3.65. The summed E-state index contributed by atoms with van der Waals surface area (Å²) in [4.78, 5) is 16.7. The Bertz CT molecular complexity index is 872. The molecule has 5 heteroatoms. The highest BCUT2D eigenvalue weighted by Crippen LogP contribution is 2.17. The molecule has 0 saturated heterocycles. The number of para-hydroxylation sites is 1. The molecule has 1 aromatic heterocycles. The number of benzene rings is 2. The van der Waals surface area contributed by atoms with Crippen LogP contribution in [-0.2, 0) is 6.54 Å². The first-order valence-electron chi connectivity index (χ1n) is 8.49. The van der Waals surface area contributed by atoms with Crippen LogP contribution in [0.1, 0.15) is 19.3 Å². The Morgan fingerprint density at radius 3 is 2.52 bits per heavy atom. The van der Waals surface area contributed by atoms with Crippen LogP contribution in [0.4, 0.5) is 0 Å². The zero-order valence-corrected chi connectivity index (χ0v) is 14.4. The van der Waals surface area contributed by atoms with E-state index in [1.165, 1.54) is 0 Å². The van der Waals surface area contributed by atoms with Gasteiger partial charge in [0.1, 0.15) is 11.5 Å². The van der Waals surface area contributed by atoms with Gasteiger partial charge < -0.3 is 9.47 Å². The van der Waals surface area contributed by atoms with Crippen LogP contribution in [0.2, 0.25) is 0 Å². The Kier molecular flexibility index (Phi) is 5.67. The van der Waals surface area contributed by atoms with E-state index in [1.54, 1.807) is 18.0 Å². The predicted molar refractivity (Wildman–Crippen MR) is 98.3 cm³/mol. The molecule has 3 aromatic rings. The molecule has 1 heterocycles. The number of unbranched alkanes of at least 4 members (excludes halogenated alkanes) is 2. The topological polar surface area (TPSA) is 53.4 Å². The van der Waals surface area contributed by atoms with Crippen molar-refractivity contribution in [2.75, 3.05) is 13.7 Å². The largest absolute Gasteiger partial charge is 0.497 e. The van der Waals surface area contributed by atoms with Gasteiger partial charge >= 0.3 is 0 Å². The maximum absolute atomic E-state index is 12.4. The number of nitrogens with zero attached hydrogens (tertiary/aromatic N) is 2. The molecule has 25 heavy (non-hydrogen) atoms. The van der Waals surface area contributed by atoms with Gasteiger partial charge in [0, 0.05) is 6.54 Å². The number of hydrogen-bond acceptors (Lipinski definition) is 4. The minimum atomic E-state index is 0.0279. The third kappa shape index (κ3) is 4.38. The average molecular weight is 338 g/mol. The van der Waals surface area contributed by atoms with Gasteiger partial charge in [0.25, 0.3) is 5.56 Å². The summed E-state index contributed by atoms with van der Waals surface area (Å²) in [5.41, 5.74) is 0.775. The van der Waals surface area contributed by atoms with Crippen molar-refractivity contribution in [2.45, 2.75) is 25.8 Å². The van der Waals surface area contributed by atoms with Gasteiger partial charge in [0.05, 0.1) is 30.9 Å². The summed E-state index contributed by atoms with van der Waals surface area (Å²) in [5, 5.41) is 0.674. The number of hydrogen-bond donors (Lipinski definition) is 0. The van der Waals surface area contributed by atoms with Crippen LogP contribution in [0.25, 0.3) is 10.9 Å². The molecule has 0 aliphatic carbocycles. The van der Waals surface area contributed by atoms with Crippen LogP contribution in [0.3, 0.4) is 0 Å². The zero-order chi connectivity index (χ0) is 17.5. The van der Waals surface area contributed by atoms with Crippen LogP contribution in [0, 0.1) is 0 Å². The van der Waals surface area contributed by atoms with Crippen LogP contribution < -0.4 is 15.0 Å². The Hall–Kier alpha value is -2.82. The maximum Gasteiger partial charge on any atom is 0.261 e. The van der Waals surface area contributed by atoms with Gasteiger partial charge in [0.15, 0.2) is 0 Å². The summed E-state index contributed by atoms with van der Waals surface area (Å²) in [5.74, 6) is 1.66. The molecule has 0 spiro atoms. The van der Waals surface area contributed by atoms with E-state index in [-0.39, 0.29) is 5.56 Å². The molecule has 2 aromatic carbocycles. The van der Waals surface area contributed by atoms with Crippen molar-refractivity contribution in [3.8, 4) is 11.5 Å². The summed E-state index contributed by atoms with van der Waals surface area (Å²) >= 11 is 0. The smallest absolute Gasteiger partial charge is 0.261 e. The molecular formula is C20H22N2O3. The number of methoxy groups -OCH3 is 1. The van der Waals surface area contributed by atoms with Crippen molar-refractivity contribution in [2.24, 2.45) is 0 Å². The molecule has 0 atom stereocenters. The Morgan fingerprint density at radius 2 is 1.72 bits per heavy atom. The second-order valence-corrected chi connectivity index (χ2v) is 5.84. The molecule has 0 aliphatic rings. The standard InChI is InChI=1S/C20H22N2O3/c1-24-16-9-11-17(12-10-16)25-14-6-2-5-13-22-15-21-19-8-4-3-7-18(19)20(22)23/h3-4,7-12,15H,2,5-6,13-14H2,1H3. The molecule has 0 saturated carbocycles. The van der Waals surface area contributed by atoms with Crippen LogP contribution in [-0.4, -0.2) is 23.3 Å². The van der Waals surface area contributed by atoms with E-state index in [2.05, 4.69) is 4.98 Å². The molecule has 3 rings (SSSR count). The summed E-state index contributed by atoms with van der Waals surface area (Å²) in [6.07, 6.45) is 4.50. The van der Waals surface area contributed by atoms with Crippen LogP contribution >= 0.6 is 0 Å². The van der Waals surface area contributed by atoms with Crippen molar-refractivity contribution in [1.82, 2.24) is 9.55 Å². The molecule has 5 nitrogen and oxygen atoms in total. The van der Waals surface area contributed by atoms with E-state index in [1.807, 2.05) is 48.5 Å². The monoisotopic (exact) mass is 338 g/mol. The minimum Gasteiger partial charge on any atom is -0.497 e. The Balaban J connectivity index is 1.42. The molecule has 0 fully saturated rings. The fourth-order valence-electron chi connectivity index (χ4n) is 2.69. The summed E-state index contributed by atoms with van der Waals surface area (Å²) < 4.78 is 12.5. The summed E-state index contributed by atoms with van der Waals surface area (Å²) in [7, 11) is 1.65. The molecule has 0 unspecified atom stereocenters. The van der Waals surface area contributed by atoms with Gasteiger partial charge in [-0.3, -0.25) is 9.36 Å². The SMILES string of the molecule is COc1ccc(OCCCCCn2cnc3ccccc3c2=O)cc1. The van der Waals surface area contributed by atoms with E-state index < -0.39 is 0 Å². The lowest BCUT2D eigenvalue weighted by molar-refractivity contribution is 0.303. The quantitative estimate of drug-likeness (QED) is 0.588. The third-order valence-corrected chi connectivity index (χ3v) is 4.10. The molecule has 130 valence electrons. The first kappa shape index (κ1) is 17.0. The van der Waals surface area contributed by atoms with Crippen LogP contribution in [0.15, 0.2) is 59.7 Å². The van der Waals surface area contributed by atoms with E-state index in [0.717, 1.165) is 36.3 Å². The molecule has 0 bridgehead atoms. The van der Waals surface area contributed by atoms with Gasteiger partial charge in [-0.2, -0.15) is 0 Å². The number of fused-ring (bicyclic) bond motifs is 1. The lowest BCUT2D eigenvalue weighted by Crippen LogP contribution is -2.20. The fraction of sp³-hybridized carbons (Fsp3) is 0.300. The first-order valence-corrected chi connectivity index (χ1v) is 8.49. The van der Waals surface area contributed by atoms with Gasteiger partial charge in [-0.25, -0.2) is 4.98 Å². The van der Waals surface area contributed by atoms with Crippen molar-refractivity contribution in [3.05, 3.63) is 65.2 Å². The highest BCUT2D eigenvalue weighted by Gasteiger charge is 2.03. The van der Waals surface area contributed by atoms with E-state index in [0.29, 0.717) is 18.5 Å². The number of ether oxygens (including phenoxy) is 2. The Morgan fingerprint density at radius 1 is 0.960 bits per heavy atom. The summed E-state index contributed by atoms with van der Waals surface area (Å²) in [6.45, 7) is 1.34. The highest BCUT2D eigenvalue weighted by molar-refractivity contribution is 5.76. The van der Waals surface area contributed by atoms with Crippen molar-refractivity contribution in [1.29, 1.82) is 0 Å². The molecular weight excluding hydrogens is 316 g/mol. The Labute approximate surface area is 146 Å². The van der Waals surface area contributed by atoms with E-state index in [4.69, 9.17) is 9.47 Å². The van der Waals surface area contributed by atoms with Gasteiger partial charge in [-0.15, -0.1) is 0 Å². The maximum atomic E-state index is 12.4. The highest BCUT2D eigenvalue weighted by atomic mass is 16.5. The molecule has 0 N–H and O–H groups in total. The van der Waals surface area contributed by atoms with Crippen molar-refractivity contribution < 1.29 is 9.47 Å². The fourth-order valence-corrected chi connectivity index (χ4v) is 2.69. The van der Waals surface area contributed by atoms with Gasteiger partial charge in [-0.05, 0) is 55.7 Å². The second kappa shape index (κ2) is 8.33. The van der Waals surface area contributed by atoms with Gasteiger partial charge in [0.2, 0.25) is 0 Å². The molecule has 0 amide bonds. The average Bonchev–Trinajstić information content (AvgIpc) is 2.67. The van der Waals surface area contributed by atoms with Crippen LogP contribution in [0.5, 0.6) is 11.5 Å². The second-order valence-electron chi connectivity index (χ2n) is 5.84. The lowest BCUT2D eigenvalue weighted by Gasteiger charge is -2.08. The van der Waals surface area contributed by atoms with Crippen molar-refractivity contribution in [3.63, 3.8) is 0 Å². The van der Waals surface area contributed by atoms with Crippen molar-refractivity contribution >= 4 is 10.9 Å². The molecule has 0 aliphatic heterocycles.